The topological polar surface area (TPSA) is 67.2 Å². The number of imidazole rings is 1. The van der Waals surface area contributed by atoms with Crippen LogP contribution in [0.2, 0.25) is 0 Å². The molecule has 0 aliphatic carbocycles. The minimum atomic E-state index is -0.0248. The smallest absolute Gasteiger partial charge is 0.243 e. The molecule has 2 atom stereocenters. The molecule has 1 fully saturated rings. The van der Waals surface area contributed by atoms with Crippen LogP contribution in [0.3, 0.4) is 0 Å². The first-order valence-corrected chi connectivity index (χ1v) is 11.0. The van der Waals surface area contributed by atoms with Crippen LogP contribution in [0.5, 0.6) is 0 Å². The molecule has 1 aliphatic rings. The zero-order chi connectivity index (χ0) is 20.3. The number of carbonyl (C=O) groups is 2. The van der Waals surface area contributed by atoms with Gasteiger partial charge in [0.1, 0.15) is 6.54 Å². The Balaban J connectivity index is 1.82. The number of piperidine rings is 1. The summed E-state index contributed by atoms with van der Waals surface area (Å²) in [7, 11) is 0. The molecule has 2 heterocycles. The molecule has 0 unspecified atom stereocenters. The Morgan fingerprint density at radius 2 is 1.89 bits per heavy atom. The molecule has 6 nitrogen and oxygen atoms in total. The van der Waals surface area contributed by atoms with Crippen LogP contribution in [0.1, 0.15) is 47.0 Å². The number of para-hydroxylation sites is 2. The molecule has 0 spiro atoms. The third-order valence-corrected chi connectivity index (χ3v) is 6.15. The number of aromatic nitrogens is 2. The van der Waals surface area contributed by atoms with Gasteiger partial charge in [-0.05, 0) is 59.1 Å². The highest BCUT2D eigenvalue weighted by Crippen LogP contribution is 2.27. The lowest BCUT2D eigenvalue weighted by atomic mass is 9.97. The number of hydrogen-bond acceptors (Lipinski definition) is 4. The van der Waals surface area contributed by atoms with Gasteiger partial charge in [-0.2, -0.15) is 0 Å². The van der Waals surface area contributed by atoms with Crippen molar-refractivity contribution in [1.29, 1.82) is 0 Å². The molecule has 0 bridgehead atoms. The Bertz CT molecular complexity index is 838. The van der Waals surface area contributed by atoms with Crippen molar-refractivity contribution in [2.75, 3.05) is 5.75 Å². The maximum absolute atomic E-state index is 13.2. The lowest BCUT2D eigenvalue weighted by Crippen LogP contribution is -2.48. The van der Waals surface area contributed by atoms with Crippen LogP contribution in [0.4, 0.5) is 0 Å². The van der Waals surface area contributed by atoms with Gasteiger partial charge < -0.3 is 14.8 Å². The number of nitrogens with one attached hydrogen (secondary N) is 1. The van der Waals surface area contributed by atoms with Crippen LogP contribution in [0.25, 0.3) is 11.0 Å². The van der Waals surface area contributed by atoms with E-state index in [1.54, 1.807) is 0 Å². The molecular formula is C21H30N4O2S. The fraction of sp³-hybridized carbons (Fsp3) is 0.571. The quantitative estimate of drug-likeness (QED) is 0.752. The molecule has 1 saturated heterocycles. The van der Waals surface area contributed by atoms with Gasteiger partial charge in [-0.3, -0.25) is 9.59 Å². The first-order chi connectivity index (χ1) is 13.4. The van der Waals surface area contributed by atoms with Crippen LogP contribution in [0, 0.1) is 0 Å². The summed E-state index contributed by atoms with van der Waals surface area (Å²) in [6, 6.07) is 8.46. The number of likely N-dealkylation sites (tertiary alicyclic amines) is 1. The van der Waals surface area contributed by atoms with Gasteiger partial charge in [0.25, 0.3) is 0 Å². The molecule has 28 heavy (non-hydrogen) atoms. The van der Waals surface area contributed by atoms with Crippen LogP contribution in [-0.2, 0) is 16.1 Å². The van der Waals surface area contributed by atoms with Gasteiger partial charge in [-0.15, -0.1) is 0 Å². The van der Waals surface area contributed by atoms with E-state index in [1.807, 2.05) is 47.6 Å². The van der Waals surface area contributed by atoms with Gasteiger partial charge in [-0.25, -0.2) is 4.98 Å². The maximum atomic E-state index is 13.2. The second-order valence-electron chi connectivity index (χ2n) is 7.91. The van der Waals surface area contributed by atoms with Gasteiger partial charge in [0.2, 0.25) is 11.8 Å². The van der Waals surface area contributed by atoms with E-state index in [0.717, 1.165) is 23.9 Å². The van der Waals surface area contributed by atoms with Gasteiger partial charge in [0.05, 0.1) is 16.8 Å². The highest BCUT2D eigenvalue weighted by atomic mass is 32.2. The van der Waals surface area contributed by atoms with Crippen LogP contribution in [0.15, 0.2) is 29.4 Å². The molecule has 152 valence electrons. The van der Waals surface area contributed by atoms with Crippen molar-refractivity contribution >= 4 is 34.6 Å². The molecule has 1 aromatic carbocycles. The average Bonchev–Trinajstić information content (AvgIpc) is 2.97. The van der Waals surface area contributed by atoms with E-state index >= 15 is 0 Å². The van der Waals surface area contributed by atoms with Crippen molar-refractivity contribution in [3.63, 3.8) is 0 Å². The summed E-state index contributed by atoms with van der Waals surface area (Å²) in [4.78, 5) is 31.9. The lowest BCUT2D eigenvalue weighted by Gasteiger charge is -2.39. The van der Waals surface area contributed by atoms with E-state index in [-0.39, 0.29) is 42.2 Å². The summed E-state index contributed by atoms with van der Waals surface area (Å²) >= 11 is 1.38. The summed E-state index contributed by atoms with van der Waals surface area (Å²) < 4.78 is 1.96. The van der Waals surface area contributed by atoms with Crippen molar-refractivity contribution in [3.8, 4) is 0 Å². The van der Waals surface area contributed by atoms with E-state index < -0.39 is 0 Å². The molecule has 7 heteroatoms. The van der Waals surface area contributed by atoms with E-state index in [2.05, 4.69) is 24.1 Å². The monoisotopic (exact) mass is 402 g/mol. The summed E-state index contributed by atoms with van der Waals surface area (Å²) in [5.41, 5.74) is 1.78. The second kappa shape index (κ2) is 8.99. The molecule has 2 amide bonds. The first kappa shape index (κ1) is 20.7. The summed E-state index contributed by atoms with van der Waals surface area (Å²) in [6.07, 6.45) is 3.28. The van der Waals surface area contributed by atoms with Gasteiger partial charge in [0, 0.05) is 18.1 Å². The standard InChI is InChI=1S/C21H30N4O2S/c1-14(2)22-19(26)13-28-21-23-17-10-5-6-11-18(17)24(21)12-20(27)25-15(3)8-7-9-16(25)4/h5-6,10-11,14-16H,7-9,12-13H2,1-4H3,(H,22,26)/t15-,16+. The average molecular weight is 403 g/mol. The predicted octanol–water partition coefficient (Wildman–Crippen LogP) is 3.44. The van der Waals surface area contributed by atoms with Crippen molar-refractivity contribution in [3.05, 3.63) is 24.3 Å². The highest BCUT2D eigenvalue weighted by molar-refractivity contribution is 7.99. The Kier molecular flexibility index (Phi) is 6.65. The van der Waals surface area contributed by atoms with Crippen molar-refractivity contribution in [2.24, 2.45) is 0 Å². The maximum Gasteiger partial charge on any atom is 0.243 e. The minimum absolute atomic E-state index is 0.0248. The molecule has 3 rings (SSSR count). The lowest BCUT2D eigenvalue weighted by molar-refractivity contribution is -0.138. The van der Waals surface area contributed by atoms with E-state index in [1.165, 1.54) is 18.2 Å². The number of nitrogens with zero attached hydrogens (tertiary/aromatic N) is 3. The SMILES string of the molecule is CC(C)NC(=O)CSc1nc2ccccc2n1CC(=O)N1[C@H](C)CCC[C@@H]1C. The number of amides is 2. The largest absolute Gasteiger partial charge is 0.353 e. The molecule has 1 aliphatic heterocycles. The first-order valence-electron chi connectivity index (χ1n) is 10.1. The Labute approximate surface area is 171 Å². The molecule has 0 saturated carbocycles. The molecule has 1 aromatic heterocycles. The minimum Gasteiger partial charge on any atom is -0.353 e. The van der Waals surface area contributed by atoms with Crippen LogP contribution >= 0.6 is 11.8 Å². The highest BCUT2D eigenvalue weighted by Gasteiger charge is 2.29. The fourth-order valence-corrected chi connectivity index (χ4v) is 4.77. The summed E-state index contributed by atoms with van der Waals surface area (Å²) in [6.45, 7) is 8.40. The third kappa shape index (κ3) is 4.69. The normalized spacial score (nSPS) is 20.0. The van der Waals surface area contributed by atoms with Gasteiger partial charge >= 0.3 is 0 Å². The molecular weight excluding hydrogens is 372 g/mol. The predicted molar refractivity (Wildman–Crippen MR) is 113 cm³/mol. The number of fused-ring (bicyclic) bond motifs is 1. The molecule has 1 N–H and O–H groups in total. The number of hydrogen-bond donors (Lipinski definition) is 1. The Morgan fingerprint density at radius 1 is 1.21 bits per heavy atom. The van der Waals surface area contributed by atoms with E-state index in [4.69, 9.17) is 0 Å². The van der Waals surface area contributed by atoms with Gasteiger partial charge in [0.15, 0.2) is 5.16 Å². The van der Waals surface area contributed by atoms with Crippen LogP contribution in [-0.4, -0.2) is 50.1 Å². The zero-order valence-corrected chi connectivity index (χ0v) is 18.0. The fourth-order valence-electron chi connectivity index (χ4n) is 3.94. The summed E-state index contributed by atoms with van der Waals surface area (Å²) in [5.74, 6) is 0.381. The van der Waals surface area contributed by atoms with Gasteiger partial charge in [-0.1, -0.05) is 23.9 Å². The number of thioether (sulfide) groups is 1. The van der Waals surface area contributed by atoms with Crippen molar-refractivity contribution in [1.82, 2.24) is 19.8 Å². The number of rotatable bonds is 6. The van der Waals surface area contributed by atoms with E-state index in [9.17, 15) is 9.59 Å². The zero-order valence-electron chi connectivity index (χ0n) is 17.1. The summed E-state index contributed by atoms with van der Waals surface area (Å²) in [5, 5.41) is 3.61. The van der Waals surface area contributed by atoms with Crippen LogP contribution < -0.4 is 5.32 Å². The van der Waals surface area contributed by atoms with Crippen molar-refractivity contribution in [2.45, 2.75) is 76.8 Å². The van der Waals surface area contributed by atoms with Crippen molar-refractivity contribution < 1.29 is 9.59 Å². The Hall–Kier alpha value is -2.02. The molecule has 0 radical (unpaired) electrons. The molecule has 2 aromatic rings. The number of benzene rings is 1. The second-order valence-corrected chi connectivity index (χ2v) is 8.85. The third-order valence-electron chi connectivity index (χ3n) is 5.18. The Morgan fingerprint density at radius 3 is 2.57 bits per heavy atom. The number of carbonyl (C=O) groups excluding carboxylic acids is 2. The van der Waals surface area contributed by atoms with E-state index in [0.29, 0.717) is 5.16 Å².